The van der Waals surface area contributed by atoms with E-state index in [1.807, 2.05) is 39.8 Å². The zero-order valence-corrected chi connectivity index (χ0v) is 18.1. The van der Waals surface area contributed by atoms with Crippen molar-refractivity contribution in [3.8, 4) is 0 Å². The summed E-state index contributed by atoms with van der Waals surface area (Å²) >= 11 is 13.9. The van der Waals surface area contributed by atoms with Crippen LogP contribution in [0.2, 0.25) is 0 Å². The second-order valence-corrected chi connectivity index (χ2v) is 11.5. The number of thioether (sulfide) groups is 1. The SMILES string of the molecule is CC(C)(Cl)CN(CC(C)(C)Cl)C(=O)Sc1ccc(C(C)(C)C)cc1. The number of hydrogen-bond acceptors (Lipinski definition) is 2. The maximum Gasteiger partial charge on any atom is 0.286 e. The molecule has 0 radical (unpaired) electrons. The van der Waals surface area contributed by atoms with E-state index in [9.17, 15) is 4.79 Å². The van der Waals surface area contributed by atoms with E-state index in [-0.39, 0.29) is 10.7 Å². The first-order valence-electron chi connectivity index (χ1n) is 8.12. The van der Waals surface area contributed by atoms with Crippen molar-refractivity contribution in [3.63, 3.8) is 0 Å². The molecule has 1 rings (SSSR count). The summed E-state index contributed by atoms with van der Waals surface area (Å²) in [5, 5.41) is -0.0269. The monoisotopic (exact) mass is 389 g/mol. The summed E-state index contributed by atoms with van der Waals surface area (Å²) in [6.07, 6.45) is 0. The van der Waals surface area contributed by atoms with E-state index in [0.29, 0.717) is 13.1 Å². The van der Waals surface area contributed by atoms with E-state index in [1.54, 1.807) is 4.90 Å². The lowest BCUT2D eigenvalue weighted by molar-refractivity contribution is 0.213. The van der Waals surface area contributed by atoms with Crippen molar-refractivity contribution in [1.29, 1.82) is 0 Å². The highest BCUT2D eigenvalue weighted by molar-refractivity contribution is 8.13. The van der Waals surface area contributed by atoms with Gasteiger partial charge in [0.15, 0.2) is 0 Å². The summed E-state index contributed by atoms with van der Waals surface area (Å²) < 4.78 is 0. The molecule has 0 fully saturated rings. The Morgan fingerprint density at radius 2 is 1.33 bits per heavy atom. The number of rotatable bonds is 5. The average Bonchev–Trinajstić information content (AvgIpc) is 2.34. The van der Waals surface area contributed by atoms with E-state index in [0.717, 1.165) is 4.90 Å². The number of alkyl halides is 2. The molecule has 0 saturated heterocycles. The summed E-state index contributed by atoms with van der Waals surface area (Å²) in [5.74, 6) is 0. The first-order valence-corrected chi connectivity index (χ1v) is 9.70. The van der Waals surface area contributed by atoms with E-state index in [4.69, 9.17) is 23.2 Å². The van der Waals surface area contributed by atoms with E-state index >= 15 is 0 Å². The van der Waals surface area contributed by atoms with Crippen LogP contribution in [0, 0.1) is 0 Å². The maximum atomic E-state index is 12.7. The third-order valence-electron chi connectivity index (χ3n) is 3.32. The molecule has 0 aliphatic rings. The first-order chi connectivity index (χ1) is 10.7. The molecule has 0 aliphatic heterocycles. The molecule has 0 saturated carbocycles. The van der Waals surface area contributed by atoms with Crippen LogP contribution >= 0.6 is 35.0 Å². The van der Waals surface area contributed by atoms with E-state index < -0.39 is 9.75 Å². The van der Waals surface area contributed by atoms with Crippen LogP contribution in [0.4, 0.5) is 4.79 Å². The van der Waals surface area contributed by atoms with Gasteiger partial charge in [-0.15, -0.1) is 23.2 Å². The lowest BCUT2D eigenvalue weighted by Crippen LogP contribution is -2.43. The molecule has 24 heavy (non-hydrogen) atoms. The largest absolute Gasteiger partial charge is 0.330 e. The Bertz CT molecular complexity index is 535. The zero-order valence-electron chi connectivity index (χ0n) is 15.7. The molecule has 0 aromatic heterocycles. The van der Waals surface area contributed by atoms with E-state index in [2.05, 4.69) is 32.9 Å². The second-order valence-electron chi connectivity index (χ2n) is 8.44. The lowest BCUT2D eigenvalue weighted by Gasteiger charge is -2.32. The number of hydrogen-bond donors (Lipinski definition) is 0. The Kier molecular flexibility index (Phi) is 7.12. The van der Waals surface area contributed by atoms with Crippen molar-refractivity contribution in [2.24, 2.45) is 0 Å². The predicted molar refractivity (Wildman–Crippen MR) is 108 cm³/mol. The summed E-state index contributed by atoms with van der Waals surface area (Å²) in [6, 6.07) is 8.16. The van der Waals surface area contributed by atoms with Gasteiger partial charge in [0, 0.05) is 18.0 Å². The van der Waals surface area contributed by atoms with Gasteiger partial charge in [-0.25, -0.2) is 0 Å². The number of halogens is 2. The molecule has 2 nitrogen and oxygen atoms in total. The third kappa shape index (κ3) is 8.13. The maximum absolute atomic E-state index is 12.7. The number of nitrogens with zero attached hydrogens (tertiary/aromatic N) is 1. The van der Waals surface area contributed by atoms with Crippen LogP contribution in [-0.2, 0) is 5.41 Å². The Hall–Kier alpha value is -0.380. The Morgan fingerprint density at radius 3 is 1.67 bits per heavy atom. The van der Waals surface area contributed by atoms with Gasteiger partial charge in [0.05, 0.1) is 9.75 Å². The predicted octanol–water partition coefficient (Wildman–Crippen LogP) is 6.53. The van der Waals surface area contributed by atoms with Crippen LogP contribution in [0.25, 0.3) is 0 Å². The van der Waals surface area contributed by atoms with Gasteiger partial charge in [0.25, 0.3) is 5.24 Å². The van der Waals surface area contributed by atoms with Crippen molar-refractivity contribution >= 4 is 40.2 Å². The number of amides is 1. The Morgan fingerprint density at radius 1 is 0.917 bits per heavy atom. The van der Waals surface area contributed by atoms with Crippen molar-refractivity contribution in [1.82, 2.24) is 4.90 Å². The number of carbonyl (C=O) groups is 1. The molecular weight excluding hydrogens is 361 g/mol. The highest BCUT2D eigenvalue weighted by Crippen LogP contribution is 2.29. The molecule has 136 valence electrons. The molecule has 0 N–H and O–H groups in total. The molecule has 0 aliphatic carbocycles. The molecule has 0 atom stereocenters. The van der Waals surface area contributed by atoms with Gasteiger partial charge in [-0.1, -0.05) is 32.9 Å². The van der Waals surface area contributed by atoms with Crippen molar-refractivity contribution < 1.29 is 4.79 Å². The molecule has 1 amide bonds. The normalized spacial score (nSPS) is 13.0. The summed E-state index contributed by atoms with van der Waals surface area (Å²) in [6.45, 7) is 15.0. The fraction of sp³-hybridized carbons (Fsp3) is 0.632. The summed E-state index contributed by atoms with van der Waals surface area (Å²) in [7, 11) is 0. The van der Waals surface area contributed by atoms with Gasteiger partial charge >= 0.3 is 0 Å². The minimum absolute atomic E-state index is 0.0269. The van der Waals surface area contributed by atoms with Crippen LogP contribution in [0.5, 0.6) is 0 Å². The van der Waals surface area contributed by atoms with Crippen LogP contribution in [0.3, 0.4) is 0 Å². The standard InChI is InChI=1S/C19H29Cl2NOS/c1-17(2,3)14-8-10-15(11-9-14)24-16(23)22(12-18(4,5)20)13-19(6,7)21/h8-11H,12-13H2,1-7H3. The van der Waals surface area contributed by atoms with Gasteiger partial charge in [-0.05, 0) is 62.6 Å². The van der Waals surface area contributed by atoms with Crippen LogP contribution in [-0.4, -0.2) is 33.0 Å². The van der Waals surface area contributed by atoms with Crippen molar-refractivity contribution in [3.05, 3.63) is 29.8 Å². The molecule has 0 spiro atoms. The van der Waals surface area contributed by atoms with Gasteiger partial charge in [0.2, 0.25) is 0 Å². The molecule has 0 unspecified atom stereocenters. The first kappa shape index (κ1) is 21.7. The summed E-state index contributed by atoms with van der Waals surface area (Å²) in [4.78, 5) is 14.4. The second kappa shape index (κ2) is 7.88. The topological polar surface area (TPSA) is 20.3 Å². The quantitative estimate of drug-likeness (QED) is 0.421. The molecule has 0 bridgehead atoms. The van der Waals surface area contributed by atoms with Gasteiger partial charge in [-0.2, -0.15) is 0 Å². The Balaban J connectivity index is 2.87. The highest BCUT2D eigenvalue weighted by Gasteiger charge is 2.28. The van der Waals surface area contributed by atoms with E-state index in [1.165, 1.54) is 17.3 Å². The Labute approximate surface area is 161 Å². The number of benzene rings is 1. The van der Waals surface area contributed by atoms with Crippen molar-refractivity contribution in [2.45, 2.75) is 68.5 Å². The highest BCUT2D eigenvalue weighted by atomic mass is 35.5. The third-order valence-corrected chi connectivity index (χ3v) is 4.50. The molecule has 1 aromatic rings. The fourth-order valence-electron chi connectivity index (χ4n) is 2.28. The average molecular weight is 390 g/mol. The molecular formula is C19H29Cl2NOS. The molecule has 5 heteroatoms. The van der Waals surface area contributed by atoms with Crippen LogP contribution in [0.1, 0.15) is 54.0 Å². The minimum atomic E-state index is -0.492. The van der Waals surface area contributed by atoms with Crippen LogP contribution < -0.4 is 0 Å². The summed E-state index contributed by atoms with van der Waals surface area (Å²) in [5.41, 5.74) is 1.35. The van der Waals surface area contributed by atoms with Crippen LogP contribution in [0.15, 0.2) is 29.2 Å². The van der Waals surface area contributed by atoms with Gasteiger partial charge in [-0.3, -0.25) is 4.79 Å². The zero-order chi connectivity index (χ0) is 18.8. The minimum Gasteiger partial charge on any atom is -0.330 e. The van der Waals surface area contributed by atoms with Gasteiger partial charge < -0.3 is 4.90 Å². The van der Waals surface area contributed by atoms with Gasteiger partial charge in [0.1, 0.15) is 0 Å². The fourth-order valence-corrected chi connectivity index (χ4v) is 3.30. The molecule has 0 heterocycles. The smallest absolute Gasteiger partial charge is 0.286 e. The molecule has 1 aromatic carbocycles. The number of carbonyl (C=O) groups excluding carboxylic acids is 1. The van der Waals surface area contributed by atoms with Crippen molar-refractivity contribution in [2.75, 3.05) is 13.1 Å². The lowest BCUT2D eigenvalue weighted by atomic mass is 9.87.